The average Bonchev–Trinajstić information content (AvgIpc) is 2.33. The van der Waals surface area contributed by atoms with Gasteiger partial charge in [0.05, 0.1) is 5.54 Å². The largest absolute Gasteiger partial charge is 0.310 e. The summed E-state index contributed by atoms with van der Waals surface area (Å²) in [5, 5.41) is 3.49. The number of hydrogen-bond donors (Lipinski definition) is 1. The van der Waals surface area contributed by atoms with Crippen LogP contribution in [0.3, 0.4) is 0 Å². The van der Waals surface area contributed by atoms with Gasteiger partial charge in [-0.1, -0.05) is 45.1 Å². The van der Waals surface area contributed by atoms with Gasteiger partial charge in [-0.05, 0) is 32.7 Å². The van der Waals surface area contributed by atoms with Crippen LogP contribution in [0.15, 0.2) is 17.3 Å². The summed E-state index contributed by atoms with van der Waals surface area (Å²) in [5.41, 5.74) is 0.123. The predicted octanol–water partition coefficient (Wildman–Crippen LogP) is 4.07. The Morgan fingerprint density at radius 2 is 1.94 bits per heavy atom. The van der Waals surface area contributed by atoms with Gasteiger partial charge in [0.15, 0.2) is 0 Å². The highest BCUT2D eigenvalue weighted by Crippen LogP contribution is 2.20. The van der Waals surface area contributed by atoms with Gasteiger partial charge in [-0.2, -0.15) is 0 Å². The molecule has 1 unspecified atom stereocenters. The van der Waals surface area contributed by atoms with Crippen LogP contribution in [0.2, 0.25) is 0 Å². The topological polar surface area (TPSA) is 24.4 Å². The lowest BCUT2D eigenvalue weighted by molar-refractivity contribution is 0.390. The molecule has 0 spiro atoms. The van der Waals surface area contributed by atoms with Crippen molar-refractivity contribution in [3.8, 4) is 0 Å². The molecule has 0 aromatic rings. The number of nitrogens with one attached hydrogen (secondary N) is 1. The second kappa shape index (κ2) is 8.46. The molecule has 0 aromatic heterocycles. The van der Waals surface area contributed by atoms with E-state index < -0.39 is 0 Å². The molecular weight excluding hydrogens is 208 g/mol. The predicted molar refractivity (Wildman–Crippen MR) is 76.6 cm³/mol. The van der Waals surface area contributed by atoms with Crippen molar-refractivity contribution in [1.82, 2.24) is 5.32 Å². The van der Waals surface area contributed by atoms with Crippen LogP contribution in [0.1, 0.15) is 64.7 Å². The van der Waals surface area contributed by atoms with Crippen LogP contribution >= 0.6 is 0 Å². The normalized spacial score (nSPS) is 29.3. The fourth-order valence-electron chi connectivity index (χ4n) is 2.57. The first-order valence-electron chi connectivity index (χ1n) is 7.21. The molecule has 1 atom stereocenters. The van der Waals surface area contributed by atoms with Crippen molar-refractivity contribution in [1.29, 1.82) is 0 Å². The zero-order valence-corrected chi connectivity index (χ0v) is 11.5. The van der Waals surface area contributed by atoms with Gasteiger partial charge < -0.3 is 5.32 Å². The van der Waals surface area contributed by atoms with Gasteiger partial charge in [0, 0.05) is 12.4 Å². The maximum Gasteiger partial charge on any atom is 0.0535 e. The van der Waals surface area contributed by atoms with Crippen molar-refractivity contribution in [2.45, 2.75) is 70.3 Å². The summed E-state index contributed by atoms with van der Waals surface area (Å²) < 4.78 is 0. The van der Waals surface area contributed by atoms with Crippen molar-refractivity contribution >= 4 is 6.21 Å². The fourth-order valence-corrected chi connectivity index (χ4v) is 2.57. The second-order valence-electron chi connectivity index (χ2n) is 5.13. The third-order valence-electron chi connectivity index (χ3n) is 3.70. The zero-order chi connectivity index (χ0) is 12.4. The van der Waals surface area contributed by atoms with E-state index in [4.69, 9.17) is 0 Å². The minimum absolute atomic E-state index is 0.123. The SMILES string of the molecule is CCCC1(NC)C=N/C=C\CCCCCCC1. The molecule has 1 aliphatic heterocycles. The second-order valence-corrected chi connectivity index (χ2v) is 5.13. The highest BCUT2D eigenvalue weighted by Gasteiger charge is 2.24. The summed E-state index contributed by atoms with van der Waals surface area (Å²) >= 11 is 0. The average molecular weight is 236 g/mol. The van der Waals surface area contributed by atoms with E-state index in [9.17, 15) is 0 Å². The molecule has 0 saturated heterocycles. The van der Waals surface area contributed by atoms with Crippen LogP contribution < -0.4 is 5.32 Å². The van der Waals surface area contributed by atoms with E-state index in [0.29, 0.717) is 0 Å². The Balaban J connectivity index is 2.67. The minimum Gasteiger partial charge on any atom is -0.310 e. The van der Waals surface area contributed by atoms with E-state index in [1.807, 2.05) is 6.20 Å². The first-order valence-corrected chi connectivity index (χ1v) is 7.21. The monoisotopic (exact) mass is 236 g/mol. The molecule has 0 aliphatic carbocycles. The van der Waals surface area contributed by atoms with Crippen molar-refractivity contribution in [3.63, 3.8) is 0 Å². The van der Waals surface area contributed by atoms with E-state index in [1.54, 1.807) is 0 Å². The van der Waals surface area contributed by atoms with Crippen LogP contribution in [-0.4, -0.2) is 18.8 Å². The summed E-state index contributed by atoms with van der Waals surface area (Å²) in [6, 6.07) is 0. The van der Waals surface area contributed by atoms with Crippen molar-refractivity contribution in [3.05, 3.63) is 12.3 Å². The third-order valence-corrected chi connectivity index (χ3v) is 3.70. The van der Waals surface area contributed by atoms with Gasteiger partial charge >= 0.3 is 0 Å². The molecule has 0 fully saturated rings. The van der Waals surface area contributed by atoms with Gasteiger partial charge in [-0.15, -0.1) is 0 Å². The summed E-state index contributed by atoms with van der Waals surface area (Å²) in [5.74, 6) is 0. The molecule has 0 bridgehead atoms. The first-order chi connectivity index (χ1) is 8.33. The molecular formula is C15H28N2. The summed E-state index contributed by atoms with van der Waals surface area (Å²) in [4.78, 5) is 4.48. The fraction of sp³-hybridized carbons (Fsp3) is 0.800. The Kier molecular flexibility index (Phi) is 7.18. The van der Waals surface area contributed by atoms with Gasteiger partial charge in [0.2, 0.25) is 0 Å². The quantitative estimate of drug-likeness (QED) is 0.784. The molecule has 2 heteroatoms. The van der Waals surface area contributed by atoms with Gasteiger partial charge in [0.25, 0.3) is 0 Å². The van der Waals surface area contributed by atoms with Crippen molar-refractivity contribution in [2.75, 3.05) is 7.05 Å². The highest BCUT2D eigenvalue weighted by atomic mass is 15.0. The molecule has 0 aromatic carbocycles. The van der Waals surface area contributed by atoms with Crippen LogP contribution in [0.25, 0.3) is 0 Å². The lowest BCUT2D eigenvalue weighted by atomic mass is 9.88. The van der Waals surface area contributed by atoms with E-state index in [2.05, 4.69) is 36.6 Å². The van der Waals surface area contributed by atoms with Crippen LogP contribution in [0.5, 0.6) is 0 Å². The molecule has 0 amide bonds. The maximum absolute atomic E-state index is 4.48. The van der Waals surface area contributed by atoms with Crippen LogP contribution in [0.4, 0.5) is 0 Å². The number of nitrogens with zero attached hydrogens (tertiary/aromatic N) is 1. The standard InChI is InChI=1S/C15H28N2/c1-3-11-15(16-2)12-9-7-5-4-6-8-10-13-17-14-15/h10,13-14,16H,3-9,11-12H2,1-2H3/b13-10-,17-14?. The minimum atomic E-state index is 0.123. The van der Waals surface area contributed by atoms with Gasteiger partial charge in [0.1, 0.15) is 0 Å². The summed E-state index contributed by atoms with van der Waals surface area (Å²) in [6.07, 6.45) is 17.8. The molecule has 1 rings (SSSR count). The van der Waals surface area contributed by atoms with Crippen molar-refractivity contribution < 1.29 is 0 Å². The molecule has 2 nitrogen and oxygen atoms in total. The van der Waals surface area contributed by atoms with Gasteiger partial charge in [-0.25, -0.2) is 0 Å². The lowest BCUT2D eigenvalue weighted by Gasteiger charge is -2.29. The number of hydrogen-bond acceptors (Lipinski definition) is 2. The number of aliphatic imine (C=N–C) groups is 1. The van der Waals surface area contributed by atoms with Gasteiger partial charge in [-0.3, -0.25) is 4.99 Å². The molecule has 1 N–H and O–H groups in total. The van der Waals surface area contributed by atoms with E-state index in [-0.39, 0.29) is 5.54 Å². The Morgan fingerprint density at radius 1 is 1.18 bits per heavy atom. The summed E-state index contributed by atoms with van der Waals surface area (Å²) in [7, 11) is 2.07. The Labute approximate surface area is 107 Å². The number of allylic oxidation sites excluding steroid dienone is 1. The molecule has 1 aliphatic rings. The molecule has 0 saturated carbocycles. The molecule has 98 valence electrons. The Morgan fingerprint density at radius 3 is 2.71 bits per heavy atom. The third kappa shape index (κ3) is 5.49. The van der Waals surface area contributed by atoms with Crippen LogP contribution in [0, 0.1) is 0 Å². The van der Waals surface area contributed by atoms with E-state index in [0.717, 1.165) is 0 Å². The Bertz CT molecular complexity index is 245. The summed E-state index contributed by atoms with van der Waals surface area (Å²) in [6.45, 7) is 2.25. The first kappa shape index (κ1) is 14.4. The Hall–Kier alpha value is -0.630. The highest BCUT2D eigenvalue weighted by molar-refractivity contribution is 5.70. The van der Waals surface area contributed by atoms with Crippen molar-refractivity contribution in [2.24, 2.45) is 4.99 Å². The van der Waals surface area contributed by atoms with E-state index in [1.165, 1.54) is 57.8 Å². The van der Waals surface area contributed by atoms with E-state index >= 15 is 0 Å². The number of rotatable bonds is 3. The zero-order valence-electron chi connectivity index (χ0n) is 11.5. The maximum atomic E-state index is 4.48. The molecule has 1 heterocycles. The van der Waals surface area contributed by atoms with Crippen LogP contribution in [-0.2, 0) is 0 Å². The lowest BCUT2D eigenvalue weighted by Crippen LogP contribution is -2.44. The smallest absolute Gasteiger partial charge is 0.0535 e. The molecule has 0 radical (unpaired) electrons. The molecule has 17 heavy (non-hydrogen) atoms.